The molecule has 0 bridgehead atoms. The fourth-order valence-corrected chi connectivity index (χ4v) is 5.07. The third-order valence-corrected chi connectivity index (χ3v) is 7.95. The maximum Gasteiger partial charge on any atom is 0.295 e. The van der Waals surface area contributed by atoms with Crippen LogP contribution < -0.4 is 0 Å². The molecule has 1 aliphatic rings. The van der Waals surface area contributed by atoms with Crippen LogP contribution in [0.2, 0.25) is 0 Å². The maximum atomic E-state index is 13.2. The van der Waals surface area contributed by atoms with E-state index in [4.69, 9.17) is 0 Å². The standard InChI is InChI=1S/C26H33N3O5S/c1-6-18-11-13-19(14-12-18)23-22(25(31)26(32)29(23)16-8-15-27(2)3)24(30)20-9-7-10-21(17-20)35(33,34)28(4)5/h7,9-14,17,23,30H,6,8,15-16H2,1-5H3/t23-/m0/s1. The van der Waals surface area contributed by atoms with E-state index in [0.717, 1.165) is 22.8 Å². The Kier molecular flexibility index (Phi) is 8.15. The molecule has 2 aromatic rings. The van der Waals surface area contributed by atoms with Crippen molar-refractivity contribution in [1.29, 1.82) is 0 Å². The third kappa shape index (κ3) is 5.47. The van der Waals surface area contributed by atoms with Gasteiger partial charge in [-0.25, -0.2) is 12.7 Å². The van der Waals surface area contributed by atoms with Gasteiger partial charge in [0.2, 0.25) is 10.0 Å². The molecule has 1 N–H and O–H groups in total. The average Bonchev–Trinajstić information content (AvgIpc) is 3.08. The van der Waals surface area contributed by atoms with Crippen LogP contribution in [0.4, 0.5) is 0 Å². The Labute approximate surface area is 207 Å². The Morgan fingerprint density at radius 2 is 1.69 bits per heavy atom. The molecule has 1 atom stereocenters. The molecule has 0 aliphatic carbocycles. The van der Waals surface area contributed by atoms with Gasteiger partial charge in [0, 0.05) is 26.2 Å². The zero-order valence-corrected chi connectivity index (χ0v) is 21.7. The van der Waals surface area contributed by atoms with Crippen molar-refractivity contribution in [2.75, 3.05) is 41.3 Å². The summed E-state index contributed by atoms with van der Waals surface area (Å²) >= 11 is 0. The predicted octanol–water partition coefficient (Wildman–Crippen LogP) is 2.87. The number of carbonyl (C=O) groups is 2. The molecule has 0 radical (unpaired) electrons. The highest BCUT2D eigenvalue weighted by Gasteiger charge is 2.45. The van der Waals surface area contributed by atoms with Crippen LogP contribution in [0.3, 0.4) is 0 Å². The smallest absolute Gasteiger partial charge is 0.295 e. The molecule has 1 heterocycles. The topological polar surface area (TPSA) is 98.2 Å². The molecule has 188 valence electrons. The second kappa shape index (κ2) is 10.7. The largest absolute Gasteiger partial charge is 0.507 e. The molecule has 1 amide bonds. The first-order valence-corrected chi connectivity index (χ1v) is 13.0. The summed E-state index contributed by atoms with van der Waals surface area (Å²) in [6.07, 6.45) is 1.50. The number of rotatable bonds is 9. The lowest BCUT2D eigenvalue weighted by atomic mass is 9.94. The van der Waals surface area contributed by atoms with Gasteiger partial charge in [0.05, 0.1) is 16.5 Å². The van der Waals surface area contributed by atoms with Gasteiger partial charge in [-0.1, -0.05) is 43.3 Å². The molecule has 2 aromatic carbocycles. The number of nitrogens with zero attached hydrogens (tertiary/aromatic N) is 3. The first kappa shape index (κ1) is 26.6. The molecule has 0 aromatic heterocycles. The number of amides is 1. The number of Topliss-reactive ketones (excluding diaryl/α,β-unsaturated/α-hetero) is 1. The highest BCUT2D eigenvalue weighted by atomic mass is 32.2. The number of aliphatic hydroxyl groups excluding tert-OH is 1. The van der Waals surface area contributed by atoms with Crippen LogP contribution in [0.5, 0.6) is 0 Å². The minimum absolute atomic E-state index is 0.0180. The molecule has 1 aliphatic heterocycles. The molecule has 8 nitrogen and oxygen atoms in total. The van der Waals surface area contributed by atoms with E-state index in [0.29, 0.717) is 18.5 Å². The Bertz CT molecular complexity index is 1230. The van der Waals surface area contributed by atoms with Crippen molar-refractivity contribution in [3.8, 4) is 0 Å². The molecule has 9 heteroatoms. The summed E-state index contributed by atoms with van der Waals surface area (Å²) in [5.41, 5.74) is 1.95. The lowest BCUT2D eigenvalue weighted by Crippen LogP contribution is -2.32. The van der Waals surface area contributed by atoms with E-state index in [2.05, 4.69) is 0 Å². The molecule has 35 heavy (non-hydrogen) atoms. The minimum Gasteiger partial charge on any atom is -0.507 e. The van der Waals surface area contributed by atoms with Crippen molar-refractivity contribution in [2.45, 2.75) is 30.7 Å². The van der Waals surface area contributed by atoms with Crippen LogP contribution in [0.1, 0.15) is 36.1 Å². The molecule has 3 rings (SSSR count). The van der Waals surface area contributed by atoms with E-state index >= 15 is 0 Å². The zero-order valence-electron chi connectivity index (χ0n) is 20.9. The molecule has 1 fully saturated rings. The molecular formula is C26H33N3O5S. The maximum absolute atomic E-state index is 13.2. The van der Waals surface area contributed by atoms with Gasteiger partial charge in [-0.3, -0.25) is 9.59 Å². The highest BCUT2D eigenvalue weighted by molar-refractivity contribution is 7.89. The molecular weight excluding hydrogens is 466 g/mol. The zero-order chi connectivity index (χ0) is 25.9. The number of aliphatic hydroxyl groups is 1. The second-order valence-electron chi connectivity index (χ2n) is 9.06. The Morgan fingerprint density at radius 1 is 1.03 bits per heavy atom. The molecule has 0 spiro atoms. The van der Waals surface area contributed by atoms with Gasteiger partial charge in [0.25, 0.3) is 11.7 Å². The van der Waals surface area contributed by atoms with Crippen molar-refractivity contribution in [2.24, 2.45) is 0 Å². The van der Waals surface area contributed by atoms with Gasteiger partial charge in [-0.05, 0) is 56.7 Å². The number of ketones is 1. The van der Waals surface area contributed by atoms with Crippen molar-refractivity contribution in [3.63, 3.8) is 0 Å². The van der Waals surface area contributed by atoms with E-state index in [-0.39, 0.29) is 21.8 Å². The van der Waals surface area contributed by atoms with Crippen LogP contribution >= 0.6 is 0 Å². The summed E-state index contributed by atoms with van der Waals surface area (Å²) < 4.78 is 26.3. The predicted molar refractivity (Wildman–Crippen MR) is 135 cm³/mol. The summed E-state index contributed by atoms with van der Waals surface area (Å²) in [6, 6.07) is 12.6. The SMILES string of the molecule is CCc1ccc([C@H]2C(=C(O)c3cccc(S(=O)(=O)N(C)C)c3)C(=O)C(=O)N2CCCN(C)C)cc1. The lowest BCUT2D eigenvalue weighted by molar-refractivity contribution is -0.139. The number of aryl methyl sites for hydroxylation is 1. The highest BCUT2D eigenvalue weighted by Crippen LogP contribution is 2.39. The first-order chi connectivity index (χ1) is 16.5. The van der Waals surface area contributed by atoms with Gasteiger partial charge in [-0.15, -0.1) is 0 Å². The van der Waals surface area contributed by atoms with Crippen molar-refractivity contribution >= 4 is 27.5 Å². The number of benzene rings is 2. The Hall–Kier alpha value is -3.01. The minimum atomic E-state index is -3.75. The van der Waals surface area contributed by atoms with Crippen LogP contribution in [0.15, 0.2) is 59.0 Å². The summed E-state index contributed by atoms with van der Waals surface area (Å²) in [7, 11) is 2.95. The third-order valence-electron chi connectivity index (χ3n) is 6.13. The summed E-state index contributed by atoms with van der Waals surface area (Å²) in [5, 5.41) is 11.3. The van der Waals surface area contributed by atoms with Crippen LogP contribution in [-0.4, -0.2) is 80.6 Å². The first-order valence-electron chi connectivity index (χ1n) is 11.5. The number of likely N-dealkylation sites (tertiary alicyclic amines) is 1. The number of carbonyl (C=O) groups excluding carboxylic acids is 2. The fourth-order valence-electron chi connectivity index (χ4n) is 4.12. The van der Waals surface area contributed by atoms with Gasteiger partial charge in [0.15, 0.2) is 0 Å². The number of sulfonamides is 1. The van der Waals surface area contributed by atoms with Gasteiger partial charge in [-0.2, -0.15) is 0 Å². The van der Waals surface area contributed by atoms with Gasteiger partial charge >= 0.3 is 0 Å². The van der Waals surface area contributed by atoms with Gasteiger partial charge < -0.3 is 14.9 Å². The summed E-state index contributed by atoms with van der Waals surface area (Å²) in [4.78, 5) is 29.7. The van der Waals surface area contributed by atoms with Gasteiger partial charge in [0.1, 0.15) is 5.76 Å². The molecule has 0 saturated carbocycles. The molecule has 0 unspecified atom stereocenters. The Morgan fingerprint density at radius 3 is 2.26 bits per heavy atom. The summed E-state index contributed by atoms with van der Waals surface area (Å²) in [5.74, 6) is -1.84. The average molecular weight is 500 g/mol. The van der Waals surface area contributed by atoms with Crippen molar-refractivity contribution < 1.29 is 23.1 Å². The lowest BCUT2D eigenvalue weighted by Gasteiger charge is -2.26. The van der Waals surface area contributed by atoms with E-state index < -0.39 is 27.8 Å². The molecule has 1 saturated heterocycles. The van der Waals surface area contributed by atoms with Crippen molar-refractivity contribution in [1.82, 2.24) is 14.1 Å². The summed E-state index contributed by atoms with van der Waals surface area (Å²) in [6.45, 7) is 3.11. The van der Waals surface area contributed by atoms with Crippen LogP contribution in [0, 0.1) is 0 Å². The van der Waals surface area contributed by atoms with E-state index in [1.54, 1.807) is 0 Å². The number of hydrogen-bond acceptors (Lipinski definition) is 6. The number of hydrogen-bond donors (Lipinski definition) is 1. The fraction of sp³-hybridized carbons (Fsp3) is 0.385. The quantitative estimate of drug-likeness (QED) is 0.324. The van der Waals surface area contributed by atoms with Crippen LogP contribution in [0.25, 0.3) is 5.76 Å². The monoisotopic (exact) mass is 499 g/mol. The van der Waals surface area contributed by atoms with E-state index in [1.165, 1.54) is 43.3 Å². The second-order valence-corrected chi connectivity index (χ2v) is 11.2. The van der Waals surface area contributed by atoms with Crippen LogP contribution in [-0.2, 0) is 26.0 Å². The van der Waals surface area contributed by atoms with E-state index in [9.17, 15) is 23.1 Å². The Balaban J connectivity index is 2.14. The van der Waals surface area contributed by atoms with Crippen molar-refractivity contribution in [3.05, 3.63) is 70.8 Å². The normalized spacial score (nSPS) is 18.1. The van der Waals surface area contributed by atoms with E-state index in [1.807, 2.05) is 50.2 Å².